The number of thiazole rings is 1. The number of benzene rings is 1. The molecule has 1 aliphatic heterocycles. The van der Waals surface area contributed by atoms with Crippen LogP contribution >= 0.6 is 11.3 Å². The van der Waals surface area contributed by atoms with Crippen molar-refractivity contribution in [2.75, 3.05) is 4.90 Å². The molecule has 35 heavy (non-hydrogen) atoms. The highest BCUT2D eigenvalue weighted by molar-refractivity contribution is 7.09. The fourth-order valence-electron chi connectivity index (χ4n) is 5.23. The molecule has 1 N–H and O–H groups in total. The number of aromatic nitrogens is 4. The van der Waals surface area contributed by atoms with Crippen molar-refractivity contribution in [1.29, 1.82) is 0 Å². The van der Waals surface area contributed by atoms with E-state index in [1.807, 2.05) is 30.3 Å². The molecule has 1 fully saturated rings. The predicted octanol–water partition coefficient (Wildman–Crippen LogP) is 5.33. The summed E-state index contributed by atoms with van der Waals surface area (Å²) in [4.78, 5) is 24.0. The molecule has 1 aliphatic carbocycles. The smallest absolute Gasteiger partial charge is 0.287 e. The van der Waals surface area contributed by atoms with Gasteiger partial charge in [-0.05, 0) is 43.4 Å². The van der Waals surface area contributed by atoms with Crippen LogP contribution in [-0.4, -0.2) is 32.2 Å². The Morgan fingerprint density at radius 3 is 2.83 bits per heavy atom. The number of fused-ring (bicyclic) bond motifs is 3. The highest BCUT2D eigenvalue weighted by Crippen LogP contribution is 2.51. The fraction of sp³-hybridized carbons (Fsp3) is 0.360. The van der Waals surface area contributed by atoms with Crippen LogP contribution in [0, 0.1) is 0 Å². The lowest BCUT2D eigenvalue weighted by Crippen LogP contribution is -2.44. The van der Waals surface area contributed by atoms with E-state index in [0.717, 1.165) is 47.7 Å². The van der Waals surface area contributed by atoms with Gasteiger partial charge < -0.3 is 9.64 Å². The van der Waals surface area contributed by atoms with Crippen LogP contribution in [0.15, 0.2) is 48.1 Å². The quantitative estimate of drug-likeness (QED) is 0.405. The first-order valence-corrected chi connectivity index (χ1v) is 12.4. The zero-order valence-corrected chi connectivity index (χ0v) is 19.8. The van der Waals surface area contributed by atoms with Crippen molar-refractivity contribution in [3.63, 3.8) is 0 Å². The number of amides is 1. The van der Waals surface area contributed by atoms with Crippen LogP contribution in [0.2, 0.25) is 0 Å². The fourth-order valence-corrected chi connectivity index (χ4v) is 6.09. The number of hydrogen-bond donors (Lipinski definition) is 1. The average Bonchev–Trinajstić information content (AvgIpc) is 3.56. The molecule has 0 atom stereocenters. The van der Waals surface area contributed by atoms with Gasteiger partial charge in [0.1, 0.15) is 16.5 Å². The molecule has 0 bridgehead atoms. The summed E-state index contributed by atoms with van der Waals surface area (Å²) in [6.45, 7) is 1.02. The molecule has 180 valence electrons. The molecule has 0 saturated heterocycles. The minimum atomic E-state index is -3.00. The van der Waals surface area contributed by atoms with Crippen molar-refractivity contribution >= 4 is 34.0 Å². The van der Waals surface area contributed by atoms with Crippen LogP contribution in [0.25, 0.3) is 11.0 Å². The van der Waals surface area contributed by atoms with Crippen molar-refractivity contribution < 1.29 is 18.3 Å². The van der Waals surface area contributed by atoms with Crippen LogP contribution in [0.1, 0.15) is 48.9 Å². The Balaban J connectivity index is 1.21. The number of alkyl halides is 2. The van der Waals surface area contributed by atoms with Gasteiger partial charge in [-0.1, -0.05) is 18.2 Å². The molecule has 1 amide bonds. The SMILES string of the molecule is CC(F)(F)c1csc(CN2C(=O)C3(CCC(Oc4cnc5[nH]ncc5c4)CC3)c3ccccc32)n1. The van der Waals surface area contributed by atoms with E-state index in [4.69, 9.17) is 4.74 Å². The second kappa shape index (κ2) is 8.08. The largest absolute Gasteiger partial charge is 0.489 e. The molecule has 7 nitrogen and oxygen atoms in total. The van der Waals surface area contributed by atoms with Gasteiger partial charge in [-0.25, -0.2) is 9.97 Å². The third kappa shape index (κ3) is 3.76. The Bertz CT molecular complexity index is 1400. The van der Waals surface area contributed by atoms with Gasteiger partial charge in [0, 0.05) is 23.4 Å². The van der Waals surface area contributed by atoms with Crippen LogP contribution in [0.3, 0.4) is 0 Å². The number of nitrogens with zero attached hydrogens (tertiary/aromatic N) is 4. The second-order valence-corrected chi connectivity index (χ2v) is 10.2. The number of ether oxygens (including phenoxy) is 1. The maximum Gasteiger partial charge on any atom is 0.287 e. The van der Waals surface area contributed by atoms with Gasteiger partial charge >= 0.3 is 0 Å². The monoisotopic (exact) mass is 495 g/mol. The maximum atomic E-state index is 13.8. The number of carbonyl (C=O) groups is 1. The van der Waals surface area contributed by atoms with Gasteiger partial charge in [0.25, 0.3) is 5.92 Å². The topological polar surface area (TPSA) is 84.0 Å². The van der Waals surface area contributed by atoms with E-state index in [-0.39, 0.29) is 24.2 Å². The third-order valence-electron chi connectivity index (χ3n) is 7.01. The second-order valence-electron chi connectivity index (χ2n) is 9.30. The van der Waals surface area contributed by atoms with Crippen molar-refractivity contribution in [3.8, 4) is 5.75 Å². The lowest BCUT2D eigenvalue weighted by atomic mass is 9.69. The number of nitrogens with one attached hydrogen (secondary N) is 1. The summed E-state index contributed by atoms with van der Waals surface area (Å²) < 4.78 is 33.6. The number of pyridine rings is 1. The van der Waals surface area contributed by atoms with E-state index >= 15 is 0 Å². The zero-order chi connectivity index (χ0) is 24.2. The van der Waals surface area contributed by atoms with Crippen LogP contribution < -0.4 is 9.64 Å². The molecule has 10 heteroatoms. The Hall–Kier alpha value is -3.40. The van der Waals surface area contributed by atoms with Gasteiger partial charge in [0.05, 0.1) is 30.5 Å². The standard InChI is InChI=1S/C25H23F2N5O2S/c1-24(26,27)20-14-35-21(30-20)13-32-19-5-3-2-4-18(19)25(23(32)33)8-6-16(7-9-25)34-17-10-15-11-29-31-22(15)28-12-17/h2-5,10-12,14,16H,6-9,13H2,1H3,(H,28,29,31). The zero-order valence-electron chi connectivity index (χ0n) is 19.0. The first kappa shape index (κ1) is 22.1. The summed E-state index contributed by atoms with van der Waals surface area (Å²) in [6, 6.07) is 9.71. The summed E-state index contributed by atoms with van der Waals surface area (Å²) in [6.07, 6.45) is 6.13. The van der Waals surface area contributed by atoms with Crippen molar-refractivity contribution in [3.05, 3.63) is 64.4 Å². The molecule has 1 aromatic carbocycles. The third-order valence-corrected chi connectivity index (χ3v) is 7.85. The summed E-state index contributed by atoms with van der Waals surface area (Å²) in [5, 5.41) is 9.58. The van der Waals surface area contributed by atoms with Gasteiger partial charge in [-0.15, -0.1) is 11.3 Å². The molecule has 0 unspecified atom stereocenters. The Morgan fingerprint density at radius 2 is 2.06 bits per heavy atom. The molecule has 4 heterocycles. The first-order valence-electron chi connectivity index (χ1n) is 11.5. The number of anilines is 1. The molecule has 1 saturated carbocycles. The Labute approximate surface area is 204 Å². The van der Waals surface area contributed by atoms with E-state index in [9.17, 15) is 13.6 Å². The number of rotatable bonds is 5. The summed E-state index contributed by atoms with van der Waals surface area (Å²) in [7, 11) is 0. The predicted molar refractivity (Wildman–Crippen MR) is 128 cm³/mol. The summed E-state index contributed by atoms with van der Waals surface area (Å²) in [5.74, 6) is -2.30. The van der Waals surface area contributed by atoms with E-state index in [0.29, 0.717) is 29.2 Å². The molecule has 0 radical (unpaired) electrons. The summed E-state index contributed by atoms with van der Waals surface area (Å²) >= 11 is 1.16. The minimum Gasteiger partial charge on any atom is -0.489 e. The number of halogens is 2. The molecule has 1 spiro atoms. The highest BCUT2D eigenvalue weighted by Gasteiger charge is 2.52. The van der Waals surface area contributed by atoms with E-state index in [1.54, 1.807) is 17.3 Å². The molecule has 2 aliphatic rings. The van der Waals surface area contributed by atoms with Crippen LogP contribution in [0.5, 0.6) is 5.75 Å². The lowest BCUT2D eigenvalue weighted by Gasteiger charge is -2.36. The van der Waals surface area contributed by atoms with Crippen molar-refractivity contribution in [2.45, 2.75) is 56.6 Å². The first-order chi connectivity index (χ1) is 16.8. The number of carbonyl (C=O) groups excluding carboxylic acids is 1. The van der Waals surface area contributed by atoms with Gasteiger partial charge in [0.15, 0.2) is 5.65 Å². The lowest BCUT2D eigenvalue weighted by molar-refractivity contribution is -0.125. The number of hydrogen-bond acceptors (Lipinski definition) is 6. The van der Waals surface area contributed by atoms with Gasteiger partial charge in [-0.3, -0.25) is 9.89 Å². The number of aromatic amines is 1. The highest BCUT2D eigenvalue weighted by atomic mass is 32.1. The van der Waals surface area contributed by atoms with Gasteiger partial charge in [0.2, 0.25) is 5.91 Å². The summed E-state index contributed by atoms with van der Waals surface area (Å²) in [5.41, 5.74) is 1.67. The number of H-pyrrole nitrogens is 1. The Kier molecular flexibility index (Phi) is 5.10. The molecular weight excluding hydrogens is 472 g/mol. The van der Waals surface area contributed by atoms with Crippen LogP contribution in [0.4, 0.5) is 14.5 Å². The number of para-hydroxylation sites is 1. The molecule has 6 rings (SSSR count). The van der Waals surface area contributed by atoms with E-state index < -0.39 is 11.3 Å². The normalized spacial score (nSPS) is 22.2. The van der Waals surface area contributed by atoms with Crippen LogP contribution in [-0.2, 0) is 22.7 Å². The minimum absolute atomic E-state index is 0.0126. The van der Waals surface area contributed by atoms with Gasteiger partial charge in [-0.2, -0.15) is 13.9 Å². The Morgan fingerprint density at radius 1 is 1.26 bits per heavy atom. The maximum absolute atomic E-state index is 13.8. The van der Waals surface area contributed by atoms with Crippen molar-refractivity contribution in [1.82, 2.24) is 20.2 Å². The van der Waals surface area contributed by atoms with E-state index in [2.05, 4.69) is 20.2 Å². The molecular formula is C25H23F2N5O2S. The van der Waals surface area contributed by atoms with Crippen molar-refractivity contribution in [2.24, 2.45) is 0 Å². The molecule has 3 aromatic heterocycles. The average molecular weight is 496 g/mol. The molecule has 4 aromatic rings. The van der Waals surface area contributed by atoms with E-state index in [1.165, 1.54) is 5.38 Å².